The first kappa shape index (κ1) is 17.1. The van der Waals surface area contributed by atoms with E-state index in [-0.39, 0.29) is 12.3 Å². The first-order valence-electron chi connectivity index (χ1n) is 7.08. The predicted molar refractivity (Wildman–Crippen MR) is 75.2 cm³/mol. The monoisotopic (exact) mass is 335 g/mol. The molecule has 2 rings (SSSR count). The number of nitrogens with zero attached hydrogens (tertiary/aromatic N) is 1. The summed E-state index contributed by atoms with van der Waals surface area (Å²) in [5.74, 6) is -2.97. The number of likely N-dealkylation sites (tertiary alicyclic amines) is 1. The van der Waals surface area contributed by atoms with Gasteiger partial charge in [0.05, 0.1) is 16.6 Å². The molecule has 1 fully saturated rings. The largest absolute Gasteiger partial charge is 0.450 e. The van der Waals surface area contributed by atoms with Crippen molar-refractivity contribution in [3.8, 4) is 0 Å². The van der Waals surface area contributed by atoms with Gasteiger partial charge in [0.2, 0.25) is 5.78 Å². The molecule has 22 heavy (non-hydrogen) atoms. The highest BCUT2D eigenvalue weighted by atomic mass is 32.2. The first-order valence-corrected chi connectivity index (χ1v) is 7.96. The number of amides is 1. The fourth-order valence-electron chi connectivity index (χ4n) is 2.42. The van der Waals surface area contributed by atoms with Crippen LogP contribution in [0.25, 0.3) is 0 Å². The molecular formula is C14H16F3NO3S. The molecule has 8 heteroatoms. The third-order valence-corrected chi connectivity index (χ3v) is 4.99. The zero-order valence-electron chi connectivity index (χ0n) is 11.8. The molecule has 0 N–H and O–H groups in total. The van der Waals surface area contributed by atoms with Gasteiger partial charge in [-0.2, -0.15) is 13.2 Å². The van der Waals surface area contributed by atoms with E-state index >= 15 is 0 Å². The molecule has 0 spiro atoms. The molecule has 0 saturated carbocycles. The van der Waals surface area contributed by atoms with E-state index in [4.69, 9.17) is 0 Å². The molecule has 1 unspecified atom stereocenters. The van der Waals surface area contributed by atoms with Crippen molar-refractivity contribution in [1.29, 1.82) is 0 Å². The fraction of sp³-hybridized carbons (Fsp3) is 0.643. The molecule has 0 aliphatic carbocycles. The summed E-state index contributed by atoms with van der Waals surface area (Å²) in [6, 6.07) is 0. The standard InChI is InChI=1S/C14H16F3NO3S/c15-14(16,17)12(20)8-9(19)10-4-5-11(22-10)13(21)18-6-2-1-3-7-18/h5,10H,1-4,6-8H2. The van der Waals surface area contributed by atoms with Crippen LogP contribution in [0.15, 0.2) is 11.0 Å². The summed E-state index contributed by atoms with van der Waals surface area (Å²) < 4.78 is 36.5. The lowest BCUT2D eigenvalue weighted by Crippen LogP contribution is -2.36. The summed E-state index contributed by atoms with van der Waals surface area (Å²) >= 11 is 0.974. The van der Waals surface area contributed by atoms with E-state index in [0.29, 0.717) is 18.0 Å². The smallest absolute Gasteiger partial charge is 0.338 e. The lowest BCUT2D eigenvalue weighted by molar-refractivity contribution is -0.171. The Morgan fingerprint density at radius 3 is 2.41 bits per heavy atom. The van der Waals surface area contributed by atoms with Gasteiger partial charge >= 0.3 is 6.18 Å². The summed E-state index contributed by atoms with van der Waals surface area (Å²) in [6.45, 7) is 1.34. The molecule has 0 aromatic heterocycles. The number of carbonyl (C=O) groups is 3. The van der Waals surface area contributed by atoms with Crippen molar-refractivity contribution in [1.82, 2.24) is 4.90 Å². The number of hydrogen-bond acceptors (Lipinski definition) is 4. The van der Waals surface area contributed by atoms with Crippen molar-refractivity contribution >= 4 is 29.2 Å². The highest BCUT2D eigenvalue weighted by Gasteiger charge is 2.41. The molecule has 1 saturated heterocycles. The van der Waals surface area contributed by atoms with Crippen LogP contribution in [0.4, 0.5) is 13.2 Å². The molecule has 0 aromatic carbocycles. The van der Waals surface area contributed by atoms with Crippen molar-refractivity contribution in [2.75, 3.05) is 13.1 Å². The zero-order chi connectivity index (χ0) is 16.3. The minimum atomic E-state index is -4.99. The second kappa shape index (κ2) is 6.85. The maximum Gasteiger partial charge on any atom is 0.450 e. The van der Waals surface area contributed by atoms with Crippen molar-refractivity contribution in [2.45, 2.75) is 43.5 Å². The summed E-state index contributed by atoms with van der Waals surface area (Å²) in [6.07, 6.45) is -1.40. The maximum absolute atomic E-state index is 12.2. The average Bonchev–Trinajstić information content (AvgIpc) is 2.96. The molecule has 0 radical (unpaired) electrons. The van der Waals surface area contributed by atoms with Crippen molar-refractivity contribution < 1.29 is 27.6 Å². The van der Waals surface area contributed by atoms with E-state index in [1.807, 2.05) is 0 Å². The first-order chi connectivity index (χ1) is 10.3. The highest BCUT2D eigenvalue weighted by Crippen LogP contribution is 2.35. The molecular weight excluding hydrogens is 319 g/mol. The van der Waals surface area contributed by atoms with Crippen LogP contribution < -0.4 is 0 Å². The quantitative estimate of drug-likeness (QED) is 0.741. The Labute approximate surface area is 130 Å². The van der Waals surface area contributed by atoms with E-state index in [2.05, 4.69) is 0 Å². The number of Topliss-reactive ketones (excluding diaryl/α,β-unsaturated/α-hetero) is 2. The highest BCUT2D eigenvalue weighted by molar-refractivity contribution is 8.05. The second-order valence-corrected chi connectivity index (χ2v) is 6.57. The molecule has 122 valence electrons. The van der Waals surface area contributed by atoms with E-state index in [9.17, 15) is 27.6 Å². The van der Waals surface area contributed by atoms with Crippen molar-refractivity contribution in [3.63, 3.8) is 0 Å². The van der Waals surface area contributed by atoms with Gasteiger partial charge in [0.1, 0.15) is 0 Å². The Morgan fingerprint density at radius 1 is 1.18 bits per heavy atom. The Hall–Kier alpha value is -1.31. The van der Waals surface area contributed by atoms with E-state index < -0.39 is 29.4 Å². The Bertz CT molecular complexity index is 510. The second-order valence-electron chi connectivity index (χ2n) is 5.33. The lowest BCUT2D eigenvalue weighted by atomic mass is 10.1. The SMILES string of the molecule is O=C(CC(=O)C(F)(F)F)C1CC=C(C(=O)N2CCCCC2)S1. The van der Waals surface area contributed by atoms with Crippen LogP contribution in [0.1, 0.15) is 32.1 Å². The number of rotatable bonds is 4. The van der Waals surface area contributed by atoms with Gasteiger partial charge in [-0.1, -0.05) is 6.08 Å². The summed E-state index contributed by atoms with van der Waals surface area (Å²) in [7, 11) is 0. The van der Waals surface area contributed by atoms with Crippen LogP contribution in [-0.4, -0.2) is 46.9 Å². The van der Waals surface area contributed by atoms with Crippen molar-refractivity contribution in [3.05, 3.63) is 11.0 Å². The summed E-state index contributed by atoms with van der Waals surface area (Å²) in [4.78, 5) is 36.9. The van der Waals surface area contributed by atoms with E-state index in [1.165, 1.54) is 0 Å². The van der Waals surface area contributed by atoms with Crippen LogP contribution in [-0.2, 0) is 14.4 Å². The van der Waals surface area contributed by atoms with Gasteiger partial charge < -0.3 is 4.90 Å². The fourth-order valence-corrected chi connectivity index (χ4v) is 3.56. The molecule has 2 aliphatic heterocycles. The van der Waals surface area contributed by atoms with E-state index in [1.54, 1.807) is 11.0 Å². The molecule has 0 bridgehead atoms. The molecule has 4 nitrogen and oxygen atoms in total. The number of alkyl halides is 3. The Morgan fingerprint density at radius 2 is 1.82 bits per heavy atom. The number of halogens is 3. The zero-order valence-corrected chi connectivity index (χ0v) is 12.6. The van der Waals surface area contributed by atoms with Crippen LogP contribution in [0.5, 0.6) is 0 Å². The van der Waals surface area contributed by atoms with Crippen LogP contribution >= 0.6 is 11.8 Å². The third-order valence-electron chi connectivity index (χ3n) is 3.65. The minimum Gasteiger partial charge on any atom is -0.338 e. The number of piperidine rings is 1. The van der Waals surface area contributed by atoms with Gasteiger partial charge in [-0.15, -0.1) is 11.8 Å². The number of ketones is 2. The predicted octanol–water partition coefficient (Wildman–Crippen LogP) is 2.48. The number of thioether (sulfide) groups is 1. The number of hydrogen-bond donors (Lipinski definition) is 0. The van der Waals surface area contributed by atoms with Gasteiger partial charge in [-0.25, -0.2) is 0 Å². The van der Waals surface area contributed by atoms with Gasteiger partial charge in [-0.05, 0) is 25.7 Å². The minimum absolute atomic E-state index is 0.165. The van der Waals surface area contributed by atoms with Gasteiger partial charge in [-0.3, -0.25) is 14.4 Å². The number of carbonyl (C=O) groups excluding carboxylic acids is 3. The number of allylic oxidation sites excluding steroid dienone is 1. The Balaban J connectivity index is 1.87. The third kappa shape index (κ3) is 4.12. The topological polar surface area (TPSA) is 54.5 Å². The van der Waals surface area contributed by atoms with Crippen molar-refractivity contribution in [2.24, 2.45) is 0 Å². The van der Waals surface area contributed by atoms with Crippen LogP contribution in [0.2, 0.25) is 0 Å². The normalized spacial score (nSPS) is 22.4. The molecule has 1 amide bonds. The maximum atomic E-state index is 12.2. The Kier molecular flexibility index (Phi) is 5.31. The summed E-state index contributed by atoms with van der Waals surface area (Å²) in [5, 5.41) is -0.768. The summed E-state index contributed by atoms with van der Waals surface area (Å²) in [5.41, 5.74) is 0. The molecule has 1 atom stereocenters. The lowest BCUT2D eigenvalue weighted by Gasteiger charge is -2.27. The van der Waals surface area contributed by atoms with Crippen LogP contribution in [0, 0.1) is 0 Å². The van der Waals surface area contributed by atoms with Gasteiger partial charge in [0, 0.05) is 13.1 Å². The molecule has 2 heterocycles. The van der Waals surface area contributed by atoms with Crippen LogP contribution in [0.3, 0.4) is 0 Å². The molecule has 2 aliphatic rings. The molecule has 0 aromatic rings. The van der Waals surface area contributed by atoms with Gasteiger partial charge in [0.25, 0.3) is 5.91 Å². The average molecular weight is 335 g/mol. The van der Waals surface area contributed by atoms with E-state index in [0.717, 1.165) is 31.0 Å². The van der Waals surface area contributed by atoms with Gasteiger partial charge in [0.15, 0.2) is 5.78 Å².